The molecule has 1 aromatic heterocycles. The lowest BCUT2D eigenvalue weighted by Gasteiger charge is -2.21. The van der Waals surface area contributed by atoms with Gasteiger partial charge in [-0.1, -0.05) is 18.2 Å². The third-order valence-corrected chi connectivity index (χ3v) is 6.99. The van der Waals surface area contributed by atoms with Crippen LogP contribution in [0.3, 0.4) is 0 Å². The summed E-state index contributed by atoms with van der Waals surface area (Å²) in [5.41, 5.74) is 0.979. The summed E-state index contributed by atoms with van der Waals surface area (Å²) >= 11 is 1.77. The van der Waals surface area contributed by atoms with E-state index < -0.39 is 10.0 Å². The molecule has 9 heteroatoms. The van der Waals surface area contributed by atoms with Crippen LogP contribution < -0.4 is 10.0 Å². The molecule has 29 heavy (non-hydrogen) atoms. The molecule has 1 heterocycles. The zero-order chi connectivity index (χ0) is 20.0. The SMILES string of the molecule is CCNC(=NCc1ccc(S(=O)(=O)NC2CC2)cc1)N(C)CCc1cccs1.I. The molecule has 6 nitrogen and oxygen atoms in total. The number of halogens is 1. The van der Waals surface area contributed by atoms with Crippen molar-refractivity contribution in [1.82, 2.24) is 14.9 Å². The van der Waals surface area contributed by atoms with Crippen molar-refractivity contribution in [2.24, 2.45) is 4.99 Å². The molecule has 2 aromatic rings. The molecule has 0 unspecified atom stereocenters. The number of likely N-dealkylation sites (N-methyl/N-ethyl adjacent to an activating group) is 1. The van der Waals surface area contributed by atoms with Gasteiger partial charge in [0.05, 0.1) is 11.4 Å². The highest BCUT2D eigenvalue weighted by Gasteiger charge is 2.27. The zero-order valence-electron chi connectivity index (χ0n) is 16.8. The minimum absolute atomic E-state index is 0. The molecule has 160 valence electrons. The maximum Gasteiger partial charge on any atom is 0.240 e. The van der Waals surface area contributed by atoms with Crippen molar-refractivity contribution in [3.8, 4) is 0 Å². The molecular formula is C20H29IN4O2S2. The first-order valence-corrected chi connectivity index (χ1v) is 12.0. The predicted molar refractivity (Wildman–Crippen MR) is 131 cm³/mol. The number of aliphatic imine (C=N–C) groups is 1. The van der Waals surface area contributed by atoms with Gasteiger partial charge in [-0.3, -0.25) is 0 Å². The average Bonchev–Trinajstić information content (AvgIpc) is 3.32. The van der Waals surface area contributed by atoms with E-state index in [1.807, 2.05) is 19.2 Å². The van der Waals surface area contributed by atoms with Crippen LogP contribution in [-0.2, 0) is 23.0 Å². The second-order valence-electron chi connectivity index (χ2n) is 6.96. The molecule has 1 saturated carbocycles. The number of nitrogens with one attached hydrogen (secondary N) is 2. The Kier molecular flexibility index (Phi) is 9.38. The van der Waals surface area contributed by atoms with Crippen molar-refractivity contribution in [1.29, 1.82) is 0 Å². The molecule has 0 atom stereocenters. The summed E-state index contributed by atoms with van der Waals surface area (Å²) in [4.78, 5) is 8.50. The number of nitrogens with zero attached hydrogens (tertiary/aromatic N) is 2. The fraction of sp³-hybridized carbons (Fsp3) is 0.450. The fourth-order valence-corrected chi connectivity index (χ4v) is 4.74. The van der Waals surface area contributed by atoms with Gasteiger partial charge in [-0.25, -0.2) is 18.1 Å². The second-order valence-corrected chi connectivity index (χ2v) is 9.71. The molecule has 0 radical (unpaired) electrons. The Labute approximate surface area is 194 Å². The summed E-state index contributed by atoms with van der Waals surface area (Å²) < 4.78 is 27.2. The fourth-order valence-electron chi connectivity index (χ4n) is 2.74. The number of benzene rings is 1. The van der Waals surface area contributed by atoms with Crippen LogP contribution in [0.1, 0.15) is 30.2 Å². The highest BCUT2D eigenvalue weighted by atomic mass is 127. The van der Waals surface area contributed by atoms with Gasteiger partial charge in [-0.05, 0) is 55.3 Å². The highest BCUT2D eigenvalue weighted by molar-refractivity contribution is 14.0. The zero-order valence-corrected chi connectivity index (χ0v) is 20.8. The van der Waals surface area contributed by atoms with Crippen molar-refractivity contribution < 1.29 is 8.42 Å². The number of guanidine groups is 1. The first kappa shape index (κ1) is 24.1. The standard InChI is InChI=1S/C20H28N4O2S2.HI/c1-3-21-20(24(2)13-12-18-5-4-14-27-18)22-15-16-6-10-19(11-7-16)28(25,26)23-17-8-9-17;/h4-7,10-11,14,17,23H,3,8-9,12-13,15H2,1-2H3,(H,21,22);1H. The van der Waals surface area contributed by atoms with Gasteiger partial charge < -0.3 is 10.2 Å². The second kappa shape index (κ2) is 11.3. The van der Waals surface area contributed by atoms with E-state index in [9.17, 15) is 8.42 Å². The maximum absolute atomic E-state index is 12.2. The Morgan fingerprint density at radius 3 is 2.55 bits per heavy atom. The largest absolute Gasteiger partial charge is 0.357 e. The van der Waals surface area contributed by atoms with Crippen LogP contribution in [-0.4, -0.2) is 45.5 Å². The number of thiophene rings is 1. The van der Waals surface area contributed by atoms with Gasteiger partial charge >= 0.3 is 0 Å². The normalized spacial score (nSPS) is 14.3. The number of hydrogen-bond acceptors (Lipinski definition) is 4. The van der Waals surface area contributed by atoms with Crippen molar-refractivity contribution in [3.05, 3.63) is 52.2 Å². The summed E-state index contributed by atoms with van der Waals surface area (Å²) in [6.07, 6.45) is 2.84. The van der Waals surface area contributed by atoms with Crippen molar-refractivity contribution in [3.63, 3.8) is 0 Å². The van der Waals surface area contributed by atoms with Gasteiger partial charge in [0, 0.05) is 31.1 Å². The van der Waals surface area contributed by atoms with Crippen LogP contribution in [0.25, 0.3) is 0 Å². The number of hydrogen-bond donors (Lipinski definition) is 2. The molecule has 1 aromatic carbocycles. The Bertz CT molecular complexity index is 880. The van der Waals surface area contributed by atoms with E-state index in [1.165, 1.54) is 4.88 Å². The van der Waals surface area contributed by atoms with Crippen LogP contribution >= 0.6 is 35.3 Å². The van der Waals surface area contributed by atoms with Gasteiger partial charge in [0.15, 0.2) is 5.96 Å². The van der Waals surface area contributed by atoms with Crippen LogP contribution in [0.2, 0.25) is 0 Å². The molecule has 0 spiro atoms. The minimum Gasteiger partial charge on any atom is -0.357 e. The number of sulfonamides is 1. The molecule has 1 aliphatic rings. The van der Waals surface area contributed by atoms with Crippen LogP contribution in [0, 0.1) is 0 Å². The Morgan fingerprint density at radius 2 is 1.97 bits per heavy atom. The Balaban J connectivity index is 0.00000300. The summed E-state index contributed by atoms with van der Waals surface area (Å²) in [7, 11) is -1.37. The molecule has 3 rings (SSSR count). The molecule has 1 aliphatic carbocycles. The third-order valence-electron chi connectivity index (χ3n) is 4.51. The van der Waals surface area contributed by atoms with Crippen LogP contribution in [0.5, 0.6) is 0 Å². The van der Waals surface area contributed by atoms with Gasteiger partial charge in [0.25, 0.3) is 0 Å². The first-order chi connectivity index (χ1) is 13.5. The summed E-state index contributed by atoms with van der Waals surface area (Å²) in [6.45, 7) is 4.24. The van der Waals surface area contributed by atoms with E-state index >= 15 is 0 Å². The molecule has 0 aliphatic heterocycles. The quantitative estimate of drug-likeness (QED) is 0.286. The summed E-state index contributed by atoms with van der Waals surface area (Å²) in [5, 5.41) is 5.42. The van der Waals surface area contributed by atoms with E-state index in [0.29, 0.717) is 11.4 Å². The van der Waals surface area contributed by atoms with E-state index in [1.54, 1.807) is 23.5 Å². The van der Waals surface area contributed by atoms with E-state index in [4.69, 9.17) is 4.99 Å². The lowest BCUT2D eigenvalue weighted by Crippen LogP contribution is -2.39. The number of rotatable bonds is 9. The monoisotopic (exact) mass is 548 g/mol. The topological polar surface area (TPSA) is 73.8 Å². The van der Waals surface area contributed by atoms with Crippen molar-refractivity contribution >= 4 is 51.3 Å². The highest BCUT2D eigenvalue weighted by Crippen LogP contribution is 2.22. The minimum atomic E-state index is -3.40. The van der Waals surface area contributed by atoms with E-state index in [0.717, 1.165) is 43.9 Å². The first-order valence-electron chi connectivity index (χ1n) is 9.61. The van der Waals surface area contributed by atoms with Gasteiger partial charge in [0.1, 0.15) is 0 Å². The summed E-state index contributed by atoms with van der Waals surface area (Å²) in [5.74, 6) is 0.853. The average molecular weight is 549 g/mol. The molecule has 2 N–H and O–H groups in total. The molecule has 0 amide bonds. The van der Waals surface area contributed by atoms with Crippen molar-refractivity contribution in [2.45, 2.75) is 43.7 Å². The lowest BCUT2D eigenvalue weighted by atomic mass is 10.2. The molecule has 0 saturated heterocycles. The third kappa shape index (κ3) is 7.54. The Morgan fingerprint density at radius 1 is 1.24 bits per heavy atom. The Hall–Kier alpha value is -1.17. The summed E-state index contributed by atoms with van der Waals surface area (Å²) in [6, 6.07) is 11.3. The molecule has 0 bridgehead atoms. The predicted octanol–water partition coefficient (Wildman–Crippen LogP) is 3.45. The smallest absolute Gasteiger partial charge is 0.240 e. The van der Waals surface area contributed by atoms with Crippen molar-refractivity contribution in [2.75, 3.05) is 20.1 Å². The van der Waals surface area contributed by atoms with Gasteiger partial charge in [0.2, 0.25) is 10.0 Å². The lowest BCUT2D eigenvalue weighted by molar-refractivity contribution is 0.486. The van der Waals surface area contributed by atoms with E-state index in [2.05, 4.69) is 39.4 Å². The van der Waals surface area contributed by atoms with E-state index in [-0.39, 0.29) is 30.0 Å². The van der Waals surface area contributed by atoms with Crippen LogP contribution in [0.4, 0.5) is 0 Å². The van der Waals surface area contributed by atoms with Crippen LogP contribution in [0.15, 0.2) is 51.7 Å². The molecule has 1 fully saturated rings. The molecular weight excluding hydrogens is 519 g/mol. The maximum atomic E-state index is 12.2. The van der Waals surface area contributed by atoms with Gasteiger partial charge in [-0.2, -0.15) is 0 Å². The van der Waals surface area contributed by atoms with Gasteiger partial charge in [-0.15, -0.1) is 35.3 Å².